The maximum absolute atomic E-state index is 14.4. The molecular weight excluding hydrogens is 562 g/mol. The van der Waals surface area contributed by atoms with Crippen LogP contribution >= 0.6 is 0 Å². The number of Topliss-reactive ketones (excluding diaryl/α,β-unsaturated/α-hetero) is 1. The highest BCUT2D eigenvalue weighted by atomic mass is 32.2. The standard InChI is InChI=1S/C31H30F2N4O4S/c1-4-26(38)28-22-15-21(19-7-6-14-37(17-19)31-34-24-9-5-8-23(33)29(24)35-31)25(36(2)42(3,39)40)16-27(22)41-30(28)18-10-12-20(32)13-11-18/h5,8-13,15-16,19H,4,6-7,14,17H2,1-3H3,(H,34,35)/t19-/m1/s1. The lowest BCUT2D eigenvalue weighted by molar-refractivity contribution is 0.0989. The van der Waals surface area contributed by atoms with Crippen molar-refractivity contribution in [2.24, 2.45) is 0 Å². The fourth-order valence-corrected chi connectivity index (χ4v) is 6.26. The Hall–Kier alpha value is -4.25. The summed E-state index contributed by atoms with van der Waals surface area (Å²) in [6.45, 7) is 2.95. The van der Waals surface area contributed by atoms with E-state index in [-0.39, 0.29) is 23.6 Å². The third-order valence-electron chi connectivity index (χ3n) is 7.99. The summed E-state index contributed by atoms with van der Waals surface area (Å²) in [6.07, 6.45) is 2.91. The highest BCUT2D eigenvalue weighted by Gasteiger charge is 2.31. The van der Waals surface area contributed by atoms with Crippen LogP contribution in [0.3, 0.4) is 0 Å². The number of nitrogens with one attached hydrogen (secondary N) is 1. The molecule has 1 aliphatic rings. The molecule has 0 amide bonds. The number of furan rings is 1. The molecule has 1 aliphatic heterocycles. The van der Waals surface area contributed by atoms with E-state index in [4.69, 9.17) is 4.42 Å². The monoisotopic (exact) mass is 592 g/mol. The molecule has 1 atom stereocenters. The van der Waals surface area contributed by atoms with Gasteiger partial charge in [0.1, 0.15) is 22.7 Å². The molecule has 0 spiro atoms. The van der Waals surface area contributed by atoms with Gasteiger partial charge < -0.3 is 14.3 Å². The Morgan fingerprint density at radius 3 is 2.62 bits per heavy atom. The Balaban J connectivity index is 1.50. The second kappa shape index (κ2) is 10.5. The molecule has 8 nitrogen and oxygen atoms in total. The van der Waals surface area contributed by atoms with Crippen molar-refractivity contribution >= 4 is 49.4 Å². The number of H-pyrrole nitrogens is 1. The molecular formula is C31H30F2N4O4S. The van der Waals surface area contributed by atoms with Gasteiger partial charge in [-0.25, -0.2) is 22.2 Å². The number of hydrogen-bond donors (Lipinski definition) is 1. The Labute approximate surface area is 242 Å². The van der Waals surface area contributed by atoms with Gasteiger partial charge in [-0.3, -0.25) is 9.10 Å². The first kappa shape index (κ1) is 27.9. The number of aromatic nitrogens is 2. The average Bonchev–Trinajstić information content (AvgIpc) is 3.58. The summed E-state index contributed by atoms with van der Waals surface area (Å²) in [4.78, 5) is 23.0. The Kier molecular flexibility index (Phi) is 7.00. The summed E-state index contributed by atoms with van der Waals surface area (Å²) in [5, 5.41) is 0.574. The zero-order valence-electron chi connectivity index (χ0n) is 23.4. The van der Waals surface area contributed by atoms with E-state index < -0.39 is 21.7 Å². The molecule has 0 radical (unpaired) electrons. The topological polar surface area (TPSA) is 99.5 Å². The van der Waals surface area contributed by atoms with Crippen LogP contribution in [0.2, 0.25) is 0 Å². The van der Waals surface area contributed by atoms with Crippen molar-refractivity contribution in [3.05, 3.63) is 77.4 Å². The molecule has 1 saturated heterocycles. The van der Waals surface area contributed by atoms with Gasteiger partial charge in [-0.05, 0) is 60.9 Å². The van der Waals surface area contributed by atoms with Crippen molar-refractivity contribution < 1.29 is 26.4 Å². The molecule has 6 rings (SSSR count). The van der Waals surface area contributed by atoms with E-state index >= 15 is 0 Å². The van der Waals surface area contributed by atoms with Gasteiger partial charge in [0.05, 0.1) is 23.0 Å². The zero-order chi connectivity index (χ0) is 29.8. The molecule has 0 unspecified atom stereocenters. The van der Waals surface area contributed by atoms with Gasteiger partial charge in [0.25, 0.3) is 0 Å². The highest BCUT2D eigenvalue weighted by molar-refractivity contribution is 7.92. The van der Waals surface area contributed by atoms with E-state index in [9.17, 15) is 22.0 Å². The van der Waals surface area contributed by atoms with E-state index in [1.165, 1.54) is 29.6 Å². The fraction of sp³-hybridized carbons (Fsp3) is 0.290. The number of carbonyl (C=O) groups is 1. The third-order valence-corrected chi connectivity index (χ3v) is 9.18. The summed E-state index contributed by atoms with van der Waals surface area (Å²) in [5.74, 6) is -0.228. The molecule has 0 saturated carbocycles. The van der Waals surface area contributed by atoms with Crippen molar-refractivity contribution in [1.29, 1.82) is 0 Å². The van der Waals surface area contributed by atoms with Crippen LogP contribution in [0.1, 0.15) is 48.0 Å². The Morgan fingerprint density at radius 2 is 1.93 bits per heavy atom. The van der Waals surface area contributed by atoms with Crippen LogP contribution in [0.5, 0.6) is 0 Å². The van der Waals surface area contributed by atoms with E-state index in [1.54, 1.807) is 37.3 Å². The molecule has 0 aliphatic carbocycles. The summed E-state index contributed by atoms with van der Waals surface area (Å²) in [6, 6.07) is 14.0. The van der Waals surface area contributed by atoms with Crippen LogP contribution in [0, 0.1) is 11.6 Å². The first-order valence-corrected chi connectivity index (χ1v) is 15.6. The smallest absolute Gasteiger partial charge is 0.232 e. The van der Waals surface area contributed by atoms with Crippen molar-refractivity contribution in [1.82, 2.24) is 9.97 Å². The molecule has 42 heavy (non-hydrogen) atoms. The number of nitrogens with zero attached hydrogens (tertiary/aromatic N) is 3. The number of piperidine rings is 1. The molecule has 218 valence electrons. The number of fused-ring (bicyclic) bond motifs is 2. The second-order valence-corrected chi connectivity index (χ2v) is 12.7. The second-order valence-electron chi connectivity index (χ2n) is 10.7. The number of aromatic amines is 1. The number of benzene rings is 3. The first-order valence-electron chi connectivity index (χ1n) is 13.8. The van der Waals surface area contributed by atoms with Gasteiger partial charge in [0.15, 0.2) is 11.6 Å². The van der Waals surface area contributed by atoms with E-state index in [0.29, 0.717) is 58.1 Å². The lowest BCUT2D eigenvalue weighted by Gasteiger charge is -2.34. The molecule has 11 heteroatoms. The predicted octanol–water partition coefficient (Wildman–Crippen LogP) is 6.63. The number of imidazole rings is 1. The number of sulfonamides is 1. The highest BCUT2D eigenvalue weighted by Crippen LogP contribution is 2.42. The summed E-state index contributed by atoms with van der Waals surface area (Å²) in [5.41, 5.74) is 3.35. The molecule has 0 bridgehead atoms. The number of halogens is 2. The SMILES string of the molecule is CCC(=O)c1c(-c2ccc(F)cc2)oc2cc(N(C)S(C)(=O)=O)c([C@@H]3CCCN(c4nc5c(F)cccc5[nH]4)C3)cc12. The minimum Gasteiger partial charge on any atom is -0.455 e. The Bertz CT molecular complexity index is 1930. The van der Waals surface area contributed by atoms with Gasteiger partial charge in [-0.15, -0.1) is 0 Å². The molecule has 5 aromatic rings. The van der Waals surface area contributed by atoms with Gasteiger partial charge >= 0.3 is 0 Å². The van der Waals surface area contributed by atoms with Gasteiger partial charge in [-0.1, -0.05) is 13.0 Å². The number of ketones is 1. The molecule has 1 fully saturated rings. The number of carbonyl (C=O) groups excluding carboxylic acids is 1. The minimum absolute atomic E-state index is 0.130. The number of rotatable bonds is 7. The van der Waals surface area contributed by atoms with Crippen LogP contribution in [-0.4, -0.2) is 50.6 Å². The first-order chi connectivity index (χ1) is 20.0. The maximum Gasteiger partial charge on any atom is 0.232 e. The van der Waals surface area contributed by atoms with Gasteiger partial charge in [-0.2, -0.15) is 0 Å². The largest absolute Gasteiger partial charge is 0.455 e. The van der Waals surface area contributed by atoms with Crippen molar-refractivity contribution in [3.8, 4) is 11.3 Å². The number of hydrogen-bond acceptors (Lipinski definition) is 6. The van der Waals surface area contributed by atoms with E-state index in [2.05, 4.69) is 9.97 Å². The third kappa shape index (κ3) is 4.91. The molecule has 1 N–H and O–H groups in total. The zero-order valence-corrected chi connectivity index (χ0v) is 24.3. The van der Waals surface area contributed by atoms with Gasteiger partial charge in [0.2, 0.25) is 16.0 Å². The Morgan fingerprint density at radius 1 is 1.17 bits per heavy atom. The van der Waals surface area contributed by atoms with Crippen molar-refractivity contribution in [2.45, 2.75) is 32.1 Å². The predicted molar refractivity (Wildman–Crippen MR) is 160 cm³/mol. The molecule has 3 heterocycles. The quantitative estimate of drug-likeness (QED) is 0.213. The lowest BCUT2D eigenvalue weighted by Crippen LogP contribution is -2.36. The molecule has 3 aromatic carbocycles. The van der Waals surface area contributed by atoms with Crippen LogP contribution < -0.4 is 9.21 Å². The summed E-state index contributed by atoms with van der Waals surface area (Å²) < 4.78 is 61.0. The van der Waals surface area contributed by atoms with Crippen LogP contribution in [-0.2, 0) is 10.0 Å². The van der Waals surface area contributed by atoms with Crippen LogP contribution in [0.4, 0.5) is 20.4 Å². The van der Waals surface area contributed by atoms with E-state index in [1.807, 2.05) is 11.0 Å². The maximum atomic E-state index is 14.4. The fourth-order valence-electron chi connectivity index (χ4n) is 5.74. The van der Waals surface area contributed by atoms with Crippen LogP contribution in [0.15, 0.2) is 59.0 Å². The normalized spacial score (nSPS) is 15.9. The van der Waals surface area contributed by atoms with E-state index in [0.717, 1.165) is 24.7 Å². The van der Waals surface area contributed by atoms with Gasteiger partial charge in [0, 0.05) is 49.5 Å². The number of anilines is 2. The average molecular weight is 593 g/mol. The summed E-state index contributed by atoms with van der Waals surface area (Å²) >= 11 is 0. The minimum atomic E-state index is -3.65. The number of para-hydroxylation sites is 1. The van der Waals surface area contributed by atoms with Crippen molar-refractivity contribution in [3.63, 3.8) is 0 Å². The molecule has 2 aromatic heterocycles. The lowest BCUT2D eigenvalue weighted by atomic mass is 9.88. The van der Waals surface area contributed by atoms with Crippen LogP contribution in [0.25, 0.3) is 33.3 Å². The summed E-state index contributed by atoms with van der Waals surface area (Å²) in [7, 11) is -2.15. The van der Waals surface area contributed by atoms with Crippen molar-refractivity contribution in [2.75, 3.05) is 35.6 Å².